The largest absolute Gasteiger partial charge is 0.355 e. The molecule has 1 N–H and O–H groups in total. The highest BCUT2D eigenvalue weighted by atomic mass is 32.2. The normalized spacial score (nSPS) is 19.4. The Balaban J connectivity index is 0.998. The smallest absolute Gasteiger partial charge is 0.266 e. The number of thioether (sulfide) groups is 2. The molecule has 0 spiro atoms. The van der Waals surface area contributed by atoms with E-state index in [-0.39, 0.29) is 43.1 Å². The molecule has 2 aromatic carbocycles. The van der Waals surface area contributed by atoms with Gasteiger partial charge in [0.15, 0.2) is 0 Å². The van der Waals surface area contributed by atoms with Gasteiger partial charge in [0.2, 0.25) is 11.8 Å². The van der Waals surface area contributed by atoms with Crippen LogP contribution in [-0.2, 0) is 19.2 Å². The van der Waals surface area contributed by atoms with Gasteiger partial charge in [0.05, 0.1) is 9.81 Å². The van der Waals surface area contributed by atoms with Crippen molar-refractivity contribution >= 4 is 92.4 Å². The van der Waals surface area contributed by atoms with Crippen molar-refractivity contribution in [2.75, 3.05) is 52.4 Å². The minimum absolute atomic E-state index is 0.0811. The summed E-state index contributed by atoms with van der Waals surface area (Å²) >= 11 is 13.4. The summed E-state index contributed by atoms with van der Waals surface area (Å²) in [4.78, 5) is 59.6. The summed E-state index contributed by atoms with van der Waals surface area (Å²) in [6.07, 6.45) is 7.80. The van der Waals surface area contributed by atoms with Crippen molar-refractivity contribution in [1.29, 1.82) is 0 Å². The number of hydrogen-bond acceptors (Lipinski definition) is 9. The molecule has 0 saturated carbocycles. The number of amides is 4. The molecule has 2 aromatic rings. The monoisotopic (exact) mass is 745 g/mol. The predicted molar refractivity (Wildman–Crippen MR) is 211 cm³/mol. The standard InChI is InChI=1S/C37H39N5O4S4/c1-26(21-28-9-5-3-6-10-28)23-30-34(45)41(36(47)49-30)15-13-32(43)38-14-16-39-17-19-40(20-18-39)33(44)25-42-35(46)31(50-37(42)48)24-27(2)22-29-11-7-4-8-12-29/h3-12,21-24H,13-20,25H2,1-2H3,(H,38,43). The van der Waals surface area contributed by atoms with Gasteiger partial charge in [0.25, 0.3) is 11.8 Å². The van der Waals surface area contributed by atoms with E-state index in [1.807, 2.05) is 98.8 Å². The van der Waals surface area contributed by atoms with Gasteiger partial charge in [0, 0.05) is 52.2 Å². The van der Waals surface area contributed by atoms with Gasteiger partial charge in [0.1, 0.15) is 15.2 Å². The number of nitrogens with one attached hydrogen (secondary N) is 1. The third-order valence-electron chi connectivity index (χ3n) is 8.18. The lowest BCUT2D eigenvalue weighted by molar-refractivity contribution is -0.136. The fraction of sp³-hybridized carbons (Fsp3) is 0.297. The van der Waals surface area contributed by atoms with Crippen molar-refractivity contribution in [3.05, 3.63) is 105 Å². The second-order valence-electron chi connectivity index (χ2n) is 12.0. The minimum Gasteiger partial charge on any atom is -0.355 e. The van der Waals surface area contributed by atoms with Crippen LogP contribution in [0.4, 0.5) is 0 Å². The van der Waals surface area contributed by atoms with Crippen LogP contribution in [-0.4, -0.2) is 104 Å². The van der Waals surface area contributed by atoms with Crippen LogP contribution in [0.3, 0.4) is 0 Å². The van der Waals surface area contributed by atoms with Crippen molar-refractivity contribution in [2.24, 2.45) is 0 Å². The number of carbonyl (C=O) groups excluding carboxylic acids is 4. The quantitative estimate of drug-likeness (QED) is 0.229. The molecule has 3 aliphatic heterocycles. The molecule has 50 heavy (non-hydrogen) atoms. The van der Waals surface area contributed by atoms with E-state index >= 15 is 0 Å². The van der Waals surface area contributed by atoms with Gasteiger partial charge in [-0.2, -0.15) is 0 Å². The fourth-order valence-corrected chi connectivity index (χ4v) is 8.22. The number of piperazine rings is 1. The molecule has 5 rings (SSSR count). The van der Waals surface area contributed by atoms with E-state index in [1.165, 1.54) is 33.3 Å². The molecule has 3 fully saturated rings. The van der Waals surface area contributed by atoms with Crippen molar-refractivity contribution < 1.29 is 19.2 Å². The zero-order valence-electron chi connectivity index (χ0n) is 28.0. The van der Waals surface area contributed by atoms with Crippen molar-refractivity contribution in [2.45, 2.75) is 20.3 Å². The van der Waals surface area contributed by atoms with Crippen LogP contribution in [0, 0.1) is 0 Å². The van der Waals surface area contributed by atoms with E-state index in [0.29, 0.717) is 57.7 Å². The first-order chi connectivity index (χ1) is 24.1. The molecule has 3 saturated heterocycles. The van der Waals surface area contributed by atoms with E-state index in [1.54, 1.807) is 4.90 Å². The maximum absolute atomic E-state index is 13.1. The molecule has 260 valence electrons. The fourth-order valence-electron chi connectivity index (χ4n) is 5.56. The summed E-state index contributed by atoms with van der Waals surface area (Å²) in [6.45, 7) is 7.47. The average Bonchev–Trinajstić information content (AvgIpc) is 3.51. The molecular formula is C37H39N5O4S4. The summed E-state index contributed by atoms with van der Waals surface area (Å²) in [6, 6.07) is 19.7. The SMILES string of the molecule is CC(=Cc1ccccc1)C=C1SC(=S)N(CCC(=O)NCCN2CCN(C(=O)CN3C(=O)C(=CC(C)=Cc4ccccc4)SC3=S)CC2)C1=O. The summed E-state index contributed by atoms with van der Waals surface area (Å²) in [5.74, 6) is -0.722. The molecular weight excluding hydrogens is 707 g/mol. The lowest BCUT2D eigenvalue weighted by Gasteiger charge is -2.35. The molecule has 0 unspecified atom stereocenters. The Bertz CT molecular complexity index is 1770. The summed E-state index contributed by atoms with van der Waals surface area (Å²) < 4.78 is 0.834. The number of carbonyl (C=O) groups is 4. The number of hydrogen-bond donors (Lipinski definition) is 1. The number of thiocarbonyl (C=S) groups is 2. The van der Waals surface area contributed by atoms with Crippen LogP contribution >= 0.6 is 48.0 Å². The van der Waals surface area contributed by atoms with Gasteiger partial charge in [-0.25, -0.2) is 0 Å². The van der Waals surface area contributed by atoms with E-state index < -0.39 is 0 Å². The van der Waals surface area contributed by atoms with Crippen LogP contribution in [0.25, 0.3) is 12.2 Å². The third-order valence-corrected chi connectivity index (χ3v) is 10.9. The van der Waals surface area contributed by atoms with Crippen LogP contribution in [0.15, 0.2) is 93.8 Å². The van der Waals surface area contributed by atoms with Gasteiger partial charge in [-0.05, 0) is 48.3 Å². The molecule has 0 bridgehead atoms. The topological polar surface area (TPSA) is 93.3 Å². The maximum Gasteiger partial charge on any atom is 0.266 e. The molecule has 9 nitrogen and oxygen atoms in total. The third kappa shape index (κ3) is 10.3. The summed E-state index contributed by atoms with van der Waals surface area (Å²) in [5, 5.41) is 2.93. The molecule has 0 aromatic heterocycles. The van der Waals surface area contributed by atoms with Crippen LogP contribution < -0.4 is 5.32 Å². The highest BCUT2D eigenvalue weighted by Gasteiger charge is 2.35. The van der Waals surface area contributed by atoms with Crippen molar-refractivity contribution in [1.82, 2.24) is 24.9 Å². The molecule has 0 aliphatic carbocycles. The molecule has 0 radical (unpaired) electrons. The Kier molecular flexibility index (Phi) is 13.4. The van der Waals surface area contributed by atoms with Gasteiger partial charge in [-0.1, -0.05) is 121 Å². The maximum atomic E-state index is 13.1. The predicted octanol–water partition coefficient (Wildman–Crippen LogP) is 5.33. The molecule has 3 heterocycles. The van der Waals surface area contributed by atoms with Gasteiger partial charge >= 0.3 is 0 Å². The summed E-state index contributed by atoms with van der Waals surface area (Å²) in [5.41, 5.74) is 3.95. The lowest BCUT2D eigenvalue weighted by atomic mass is 10.1. The highest BCUT2D eigenvalue weighted by molar-refractivity contribution is 8.27. The minimum atomic E-state index is -0.249. The number of allylic oxidation sites excluding steroid dienone is 4. The lowest BCUT2D eigenvalue weighted by Crippen LogP contribution is -2.52. The molecule has 3 aliphatic rings. The Morgan fingerprint density at radius 3 is 1.78 bits per heavy atom. The van der Waals surface area contributed by atoms with Crippen LogP contribution in [0.2, 0.25) is 0 Å². The molecule has 13 heteroatoms. The summed E-state index contributed by atoms with van der Waals surface area (Å²) in [7, 11) is 0. The van der Waals surface area contributed by atoms with E-state index in [9.17, 15) is 19.2 Å². The second kappa shape index (κ2) is 17.9. The van der Waals surface area contributed by atoms with Gasteiger partial charge in [-0.3, -0.25) is 33.9 Å². The second-order valence-corrected chi connectivity index (χ2v) is 15.4. The van der Waals surface area contributed by atoms with Gasteiger partial charge < -0.3 is 10.2 Å². The Morgan fingerprint density at radius 2 is 1.24 bits per heavy atom. The Labute approximate surface area is 312 Å². The first-order valence-corrected chi connectivity index (χ1v) is 18.8. The van der Waals surface area contributed by atoms with E-state index in [4.69, 9.17) is 24.4 Å². The zero-order chi connectivity index (χ0) is 35.6. The first-order valence-electron chi connectivity index (χ1n) is 16.3. The number of rotatable bonds is 12. The Hall–Kier alpha value is -3.88. The first kappa shape index (κ1) is 37.4. The zero-order valence-corrected chi connectivity index (χ0v) is 31.3. The Morgan fingerprint density at radius 1 is 0.740 bits per heavy atom. The highest BCUT2D eigenvalue weighted by Crippen LogP contribution is 2.33. The van der Waals surface area contributed by atoms with Crippen LogP contribution in [0.5, 0.6) is 0 Å². The van der Waals surface area contributed by atoms with Crippen LogP contribution in [0.1, 0.15) is 31.4 Å². The van der Waals surface area contributed by atoms with Crippen molar-refractivity contribution in [3.63, 3.8) is 0 Å². The average molecular weight is 746 g/mol. The van der Waals surface area contributed by atoms with Gasteiger partial charge in [-0.15, -0.1) is 0 Å². The number of benzene rings is 2. The molecule has 4 amide bonds. The number of nitrogens with zero attached hydrogens (tertiary/aromatic N) is 4. The molecule has 0 atom stereocenters. The van der Waals surface area contributed by atoms with Crippen molar-refractivity contribution in [3.8, 4) is 0 Å². The van der Waals surface area contributed by atoms with E-state index in [0.717, 1.165) is 22.3 Å². The van der Waals surface area contributed by atoms with E-state index in [2.05, 4.69) is 10.2 Å².